The number of pyridine rings is 1. The summed E-state index contributed by atoms with van der Waals surface area (Å²) in [6, 6.07) is 5.02. The summed E-state index contributed by atoms with van der Waals surface area (Å²) in [5.74, 6) is 6.06. The summed E-state index contributed by atoms with van der Waals surface area (Å²) in [4.78, 5) is 4.40. The van der Waals surface area contributed by atoms with Crippen molar-refractivity contribution in [1.29, 1.82) is 0 Å². The van der Waals surface area contributed by atoms with Crippen molar-refractivity contribution in [1.82, 2.24) is 4.98 Å². The molecular formula is C13H16FN3. The Hall–Kier alpha value is -1.68. The predicted octanol–water partition coefficient (Wildman–Crippen LogP) is 3.09. The van der Waals surface area contributed by atoms with Crippen molar-refractivity contribution in [3.8, 4) is 0 Å². The van der Waals surface area contributed by atoms with Crippen LogP contribution in [0.3, 0.4) is 0 Å². The van der Waals surface area contributed by atoms with Gasteiger partial charge in [0.2, 0.25) is 0 Å². The van der Waals surface area contributed by atoms with Crippen molar-refractivity contribution in [3.05, 3.63) is 35.1 Å². The Bertz CT molecular complexity index is 564. The van der Waals surface area contributed by atoms with Crippen LogP contribution in [0.5, 0.6) is 0 Å². The average Bonchev–Trinajstić information content (AvgIpc) is 2.32. The highest BCUT2D eigenvalue weighted by molar-refractivity contribution is 5.85. The smallest absolute Gasteiger partial charge is 0.144 e. The third kappa shape index (κ3) is 1.96. The fraction of sp³-hybridized carbons (Fsp3) is 0.308. The first kappa shape index (κ1) is 11.8. The van der Waals surface area contributed by atoms with Gasteiger partial charge in [0.25, 0.3) is 0 Å². The minimum Gasteiger partial charge on any atom is -0.308 e. The molecule has 0 radical (unpaired) electrons. The van der Waals surface area contributed by atoms with Crippen LogP contribution in [-0.2, 0) is 0 Å². The van der Waals surface area contributed by atoms with Gasteiger partial charge in [-0.3, -0.25) is 0 Å². The molecule has 0 aliphatic heterocycles. The van der Waals surface area contributed by atoms with Gasteiger partial charge in [0.05, 0.1) is 5.52 Å². The van der Waals surface area contributed by atoms with E-state index in [0.717, 1.165) is 11.1 Å². The molecule has 3 N–H and O–H groups in total. The molecule has 0 saturated carbocycles. The molecule has 0 spiro atoms. The van der Waals surface area contributed by atoms with E-state index in [1.807, 2.05) is 26.8 Å². The second kappa shape index (κ2) is 4.30. The van der Waals surface area contributed by atoms with Crippen LogP contribution in [0, 0.1) is 12.7 Å². The number of aromatic nitrogens is 1. The molecule has 3 nitrogen and oxygen atoms in total. The summed E-state index contributed by atoms with van der Waals surface area (Å²) in [6.07, 6.45) is 0. The maximum atomic E-state index is 13.8. The summed E-state index contributed by atoms with van der Waals surface area (Å²) in [6.45, 7) is 5.96. The van der Waals surface area contributed by atoms with Gasteiger partial charge in [-0.1, -0.05) is 19.9 Å². The number of nitrogens with one attached hydrogen (secondary N) is 1. The first-order chi connectivity index (χ1) is 8.04. The number of hydrogen-bond acceptors (Lipinski definition) is 3. The van der Waals surface area contributed by atoms with E-state index in [2.05, 4.69) is 10.4 Å². The van der Waals surface area contributed by atoms with E-state index in [1.54, 1.807) is 6.07 Å². The zero-order valence-corrected chi connectivity index (χ0v) is 10.2. The van der Waals surface area contributed by atoms with Gasteiger partial charge < -0.3 is 5.43 Å². The summed E-state index contributed by atoms with van der Waals surface area (Å²) in [5, 5.41) is 0.549. The molecule has 90 valence electrons. The number of nitrogens with zero attached hydrogens (tertiary/aromatic N) is 1. The number of anilines is 1. The number of nitrogens with two attached hydrogens (primary N) is 1. The highest BCUT2D eigenvalue weighted by Gasteiger charge is 2.12. The van der Waals surface area contributed by atoms with Crippen molar-refractivity contribution in [2.45, 2.75) is 26.7 Å². The predicted molar refractivity (Wildman–Crippen MR) is 68.3 cm³/mol. The fourth-order valence-corrected chi connectivity index (χ4v) is 1.93. The van der Waals surface area contributed by atoms with Crippen molar-refractivity contribution < 1.29 is 4.39 Å². The minimum absolute atomic E-state index is 0.234. The van der Waals surface area contributed by atoms with Crippen molar-refractivity contribution in [3.63, 3.8) is 0 Å². The maximum absolute atomic E-state index is 13.8. The van der Waals surface area contributed by atoms with Crippen LogP contribution in [0.15, 0.2) is 18.2 Å². The highest BCUT2D eigenvalue weighted by atomic mass is 19.1. The van der Waals surface area contributed by atoms with Gasteiger partial charge in [-0.15, -0.1) is 0 Å². The quantitative estimate of drug-likeness (QED) is 0.619. The standard InChI is InChI=1S/C13H16FN3/c1-7(2)9-6-10-11(14)5-4-8(3)12(10)16-13(9)17-15/h4-7H,15H2,1-3H3,(H,16,17). The molecule has 2 aromatic rings. The van der Waals surface area contributed by atoms with Crippen molar-refractivity contribution in [2.24, 2.45) is 5.84 Å². The van der Waals surface area contributed by atoms with Crippen LogP contribution in [0.25, 0.3) is 10.9 Å². The van der Waals surface area contributed by atoms with E-state index in [4.69, 9.17) is 5.84 Å². The maximum Gasteiger partial charge on any atom is 0.144 e. The van der Waals surface area contributed by atoms with Gasteiger partial charge in [0.15, 0.2) is 0 Å². The summed E-state index contributed by atoms with van der Waals surface area (Å²) >= 11 is 0. The molecule has 0 fully saturated rings. The van der Waals surface area contributed by atoms with Crippen LogP contribution in [0.4, 0.5) is 10.2 Å². The highest BCUT2D eigenvalue weighted by Crippen LogP contribution is 2.29. The van der Waals surface area contributed by atoms with Gasteiger partial charge in [0, 0.05) is 5.39 Å². The van der Waals surface area contributed by atoms with Gasteiger partial charge in [-0.25, -0.2) is 15.2 Å². The third-order valence-electron chi connectivity index (χ3n) is 2.92. The zero-order chi connectivity index (χ0) is 12.6. The van der Waals surface area contributed by atoms with E-state index in [-0.39, 0.29) is 11.7 Å². The lowest BCUT2D eigenvalue weighted by atomic mass is 10.0. The van der Waals surface area contributed by atoms with E-state index in [1.165, 1.54) is 6.07 Å². The Kier molecular flexibility index (Phi) is 2.98. The lowest BCUT2D eigenvalue weighted by molar-refractivity contribution is 0.639. The molecule has 0 aliphatic rings. The Balaban J connectivity index is 2.83. The first-order valence-corrected chi connectivity index (χ1v) is 5.61. The van der Waals surface area contributed by atoms with Crippen LogP contribution < -0.4 is 11.3 Å². The molecule has 1 aromatic carbocycles. The van der Waals surface area contributed by atoms with Gasteiger partial charge in [-0.2, -0.15) is 0 Å². The normalized spacial score (nSPS) is 11.2. The number of benzene rings is 1. The second-order valence-electron chi connectivity index (χ2n) is 4.49. The first-order valence-electron chi connectivity index (χ1n) is 5.61. The van der Waals surface area contributed by atoms with Crippen LogP contribution in [0.1, 0.15) is 30.9 Å². The number of hydrazine groups is 1. The average molecular weight is 233 g/mol. The molecule has 0 saturated heterocycles. The zero-order valence-electron chi connectivity index (χ0n) is 10.2. The molecule has 2 rings (SSSR count). The summed E-state index contributed by atoms with van der Waals surface area (Å²) in [5.41, 5.74) is 5.10. The molecular weight excluding hydrogens is 217 g/mol. The Morgan fingerprint density at radius 3 is 2.65 bits per heavy atom. The second-order valence-corrected chi connectivity index (χ2v) is 4.49. The van der Waals surface area contributed by atoms with E-state index < -0.39 is 0 Å². The monoisotopic (exact) mass is 233 g/mol. The molecule has 0 atom stereocenters. The third-order valence-corrected chi connectivity index (χ3v) is 2.92. The van der Waals surface area contributed by atoms with E-state index in [9.17, 15) is 4.39 Å². The number of nitrogen functional groups attached to an aromatic ring is 1. The number of halogens is 1. The molecule has 0 unspecified atom stereocenters. The lowest BCUT2D eigenvalue weighted by Gasteiger charge is -2.14. The number of aryl methyl sites for hydroxylation is 1. The minimum atomic E-state index is -0.247. The van der Waals surface area contributed by atoms with Gasteiger partial charge >= 0.3 is 0 Å². The van der Waals surface area contributed by atoms with Gasteiger partial charge in [-0.05, 0) is 36.1 Å². The Labute approximate surface area is 99.8 Å². The molecule has 17 heavy (non-hydrogen) atoms. The lowest BCUT2D eigenvalue weighted by Crippen LogP contribution is -2.12. The SMILES string of the molecule is Cc1ccc(F)c2cc(C(C)C)c(NN)nc12. The summed E-state index contributed by atoms with van der Waals surface area (Å²) in [7, 11) is 0. The molecule has 0 bridgehead atoms. The van der Waals surface area contributed by atoms with E-state index >= 15 is 0 Å². The number of rotatable bonds is 2. The molecule has 4 heteroatoms. The number of hydrogen-bond donors (Lipinski definition) is 2. The van der Waals surface area contributed by atoms with Crippen LogP contribution >= 0.6 is 0 Å². The van der Waals surface area contributed by atoms with Crippen LogP contribution in [-0.4, -0.2) is 4.98 Å². The fourth-order valence-electron chi connectivity index (χ4n) is 1.93. The Morgan fingerprint density at radius 1 is 1.35 bits per heavy atom. The molecule has 1 heterocycles. The largest absolute Gasteiger partial charge is 0.308 e. The van der Waals surface area contributed by atoms with Gasteiger partial charge in [0.1, 0.15) is 11.6 Å². The molecule has 0 aliphatic carbocycles. The van der Waals surface area contributed by atoms with E-state index in [0.29, 0.717) is 16.7 Å². The van der Waals surface area contributed by atoms with Crippen molar-refractivity contribution in [2.75, 3.05) is 5.43 Å². The Morgan fingerprint density at radius 2 is 2.06 bits per heavy atom. The molecule has 1 aromatic heterocycles. The van der Waals surface area contributed by atoms with Crippen molar-refractivity contribution >= 4 is 16.7 Å². The summed E-state index contributed by atoms with van der Waals surface area (Å²) < 4.78 is 13.8. The molecule has 0 amide bonds. The van der Waals surface area contributed by atoms with Crippen LogP contribution in [0.2, 0.25) is 0 Å². The topological polar surface area (TPSA) is 50.9 Å². The number of fused-ring (bicyclic) bond motifs is 1.